The lowest BCUT2D eigenvalue weighted by molar-refractivity contribution is 0.377. The second-order valence-electron chi connectivity index (χ2n) is 6.67. The van der Waals surface area contributed by atoms with Crippen LogP contribution in [0.2, 0.25) is 0 Å². The van der Waals surface area contributed by atoms with Crippen molar-refractivity contribution in [1.29, 1.82) is 0 Å². The van der Waals surface area contributed by atoms with Gasteiger partial charge in [0, 0.05) is 18.0 Å². The van der Waals surface area contributed by atoms with Gasteiger partial charge in [-0.3, -0.25) is 0 Å². The third-order valence-corrected chi connectivity index (χ3v) is 4.13. The number of nitrogens with one attached hydrogen (secondary N) is 1. The molecule has 0 saturated carbocycles. The van der Waals surface area contributed by atoms with Gasteiger partial charge in [0.05, 0.1) is 7.11 Å². The van der Waals surface area contributed by atoms with Crippen LogP contribution in [0, 0.1) is 6.92 Å². The molecule has 0 aliphatic carbocycles. The summed E-state index contributed by atoms with van der Waals surface area (Å²) in [5.74, 6) is 1.70. The quantitative estimate of drug-likeness (QED) is 0.875. The Kier molecular flexibility index (Phi) is 4.19. The zero-order valence-corrected chi connectivity index (χ0v) is 13.0. The van der Waals surface area contributed by atoms with Gasteiger partial charge < -0.3 is 10.1 Å². The van der Waals surface area contributed by atoms with Gasteiger partial charge in [-0.1, -0.05) is 32.9 Å². The number of aryl methyl sites for hydroxylation is 1. The fourth-order valence-corrected chi connectivity index (χ4v) is 3.11. The van der Waals surface area contributed by atoms with Crippen molar-refractivity contribution < 1.29 is 4.74 Å². The van der Waals surface area contributed by atoms with E-state index in [2.05, 4.69) is 45.1 Å². The summed E-state index contributed by atoms with van der Waals surface area (Å²) < 4.78 is 5.81. The highest BCUT2D eigenvalue weighted by Crippen LogP contribution is 2.40. The van der Waals surface area contributed by atoms with Gasteiger partial charge in [0.25, 0.3) is 0 Å². The number of hydrogen-bond acceptors (Lipinski definition) is 2. The second kappa shape index (κ2) is 5.54. The lowest BCUT2D eigenvalue weighted by atomic mass is 9.80. The molecule has 0 spiro atoms. The first-order chi connectivity index (χ1) is 8.95. The molecular formula is C17H27NO. The Morgan fingerprint density at radius 2 is 2.00 bits per heavy atom. The number of hydrogen-bond donors (Lipinski definition) is 1. The number of piperidine rings is 1. The van der Waals surface area contributed by atoms with Crippen LogP contribution < -0.4 is 10.1 Å². The minimum atomic E-state index is 0.121. The van der Waals surface area contributed by atoms with Crippen molar-refractivity contribution in [2.75, 3.05) is 20.2 Å². The second-order valence-corrected chi connectivity index (χ2v) is 6.67. The summed E-state index contributed by atoms with van der Waals surface area (Å²) in [5, 5.41) is 3.51. The highest BCUT2D eigenvalue weighted by Gasteiger charge is 2.26. The molecule has 1 aromatic rings. The maximum atomic E-state index is 5.81. The van der Waals surface area contributed by atoms with E-state index in [1.807, 2.05) is 7.11 Å². The molecule has 1 aliphatic heterocycles. The molecule has 1 unspecified atom stereocenters. The van der Waals surface area contributed by atoms with E-state index in [0.717, 1.165) is 18.8 Å². The molecule has 106 valence electrons. The number of ether oxygens (including phenoxy) is 1. The SMILES string of the molecule is COc1c(C(C)(C)C)ccc(C)c1C1CCCNC1. The molecule has 1 N–H and O–H groups in total. The molecule has 0 aromatic heterocycles. The van der Waals surface area contributed by atoms with Crippen LogP contribution in [0.25, 0.3) is 0 Å². The van der Waals surface area contributed by atoms with Crippen LogP contribution in [0.3, 0.4) is 0 Å². The van der Waals surface area contributed by atoms with Gasteiger partial charge in [0.15, 0.2) is 0 Å². The normalized spacial score (nSPS) is 20.4. The fraction of sp³-hybridized carbons (Fsp3) is 0.647. The van der Waals surface area contributed by atoms with E-state index in [1.54, 1.807) is 0 Å². The Bertz CT molecular complexity index is 439. The largest absolute Gasteiger partial charge is 0.496 e. The van der Waals surface area contributed by atoms with E-state index in [0.29, 0.717) is 5.92 Å². The Balaban J connectivity index is 2.51. The van der Waals surface area contributed by atoms with Crippen molar-refractivity contribution in [1.82, 2.24) is 5.32 Å². The maximum Gasteiger partial charge on any atom is 0.126 e. The van der Waals surface area contributed by atoms with Crippen LogP contribution >= 0.6 is 0 Å². The van der Waals surface area contributed by atoms with Gasteiger partial charge >= 0.3 is 0 Å². The minimum absolute atomic E-state index is 0.121. The molecule has 19 heavy (non-hydrogen) atoms. The van der Waals surface area contributed by atoms with Crippen molar-refractivity contribution >= 4 is 0 Å². The minimum Gasteiger partial charge on any atom is -0.496 e. The molecule has 1 saturated heterocycles. The lowest BCUT2D eigenvalue weighted by Gasteiger charge is -2.30. The molecule has 2 rings (SSSR count). The monoisotopic (exact) mass is 261 g/mol. The Labute approximate surface area is 117 Å². The first-order valence-corrected chi connectivity index (χ1v) is 7.34. The van der Waals surface area contributed by atoms with E-state index in [9.17, 15) is 0 Å². The van der Waals surface area contributed by atoms with Crippen molar-refractivity contribution in [3.05, 3.63) is 28.8 Å². The molecule has 2 nitrogen and oxygen atoms in total. The zero-order chi connectivity index (χ0) is 14.0. The van der Waals surface area contributed by atoms with Gasteiger partial charge in [-0.05, 0) is 42.9 Å². The highest BCUT2D eigenvalue weighted by atomic mass is 16.5. The average Bonchev–Trinajstić information content (AvgIpc) is 2.37. The van der Waals surface area contributed by atoms with E-state index in [1.165, 1.54) is 29.5 Å². The first-order valence-electron chi connectivity index (χ1n) is 7.34. The number of methoxy groups -OCH3 is 1. The third-order valence-electron chi connectivity index (χ3n) is 4.13. The Morgan fingerprint density at radius 3 is 2.53 bits per heavy atom. The van der Waals surface area contributed by atoms with Gasteiger partial charge in [-0.2, -0.15) is 0 Å². The van der Waals surface area contributed by atoms with Crippen molar-refractivity contribution in [2.24, 2.45) is 0 Å². The van der Waals surface area contributed by atoms with E-state index in [-0.39, 0.29) is 5.41 Å². The van der Waals surface area contributed by atoms with Crippen molar-refractivity contribution in [3.63, 3.8) is 0 Å². The number of rotatable bonds is 2. The fourth-order valence-electron chi connectivity index (χ4n) is 3.11. The van der Waals surface area contributed by atoms with E-state index in [4.69, 9.17) is 4.74 Å². The molecule has 1 atom stereocenters. The molecular weight excluding hydrogens is 234 g/mol. The smallest absolute Gasteiger partial charge is 0.126 e. The zero-order valence-electron chi connectivity index (χ0n) is 13.0. The lowest BCUT2D eigenvalue weighted by Crippen LogP contribution is -2.29. The summed E-state index contributed by atoms with van der Waals surface area (Å²) in [6.45, 7) is 11.2. The summed E-state index contributed by atoms with van der Waals surface area (Å²) in [6, 6.07) is 4.49. The van der Waals surface area contributed by atoms with Gasteiger partial charge in [0.2, 0.25) is 0 Å². The molecule has 1 fully saturated rings. The van der Waals surface area contributed by atoms with Crippen LogP contribution in [0.4, 0.5) is 0 Å². The topological polar surface area (TPSA) is 21.3 Å². The summed E-state index contributed by atoms with van der Waals surface area (Å²) in [7, 11) is 1.81. The first kappa shape index (κ1) is 14.4. The highest BCUT2D eigenvalue weighted by molar-refractivity contribution is 5.51. The van der Waals surface area contributed by atoms with Crippen LogP contribution in [-0.4, -0.2) is 20.2 Å². The summed E-state index contributed by atoms with van der Waals surface area (Å²) in [6.07, 6.45) is 2.52. The van der Waals surface area contributed by atoms with Gasteiger partial charge in [-0.25, -0.2) is 0 Å². The molecule has 0 bridgehead atoms. The predicted molar refractivity (Wildman–Crippen MR) is 81.3 cm³/mol. The van der Waals surface area contributed by atoms with Crippen LogP contribution in [0.5, 0.6) is 5.75 Å². The van der Waals surface area contributed by atoms with E-state index < -0.39 is 0 Å². The average molecular weight is 261 g/mol. The van der Waals surface area contributed by atoms with Gasteiger partial charge in [-0.15, -0.1) is 0 Å². The molecule has 0 amide bonds. The summed E-state index contributed by atoms with van der Waals surface area (Å²) in [4.78, 5) is 0. The molecule has 2 heteroatoms. The molecule has 1 aromatic carbocycles. The number of benzene rings is 1. The standard InChI is InChI=1S/C17H27NO/c1-12-8-9-14(17(2,3)4)16(19-5)15(12)13-7-6-10-18-11-13/h8-9,13,18H,6-7,10-11H2,1-5H3. The Hall–Kier alpha value is -1.02. The molecule has 1 aliphatic rings. The van der Waals surface area contributed by atoms with Crippen LogP contribution in [0.1, 0.15) is 56.2 Å². The third kappa shape index (κ3) is 2.94. The van der Waals surface area contributed by atoms with Gasteiger partial charge in [0.1, 0.15) is 5.75 Å². The van der Waals surface area contributed by atoms with Crippen LogP contribution in [-0.2, 0) is 5.41 Å². The molecule has 1 heterocycles. The predicted octanol–water partition coefficient (Wildman–Crippen LogP) is 3.77. The Morgan fingerprint density at radius 1 is 1.26 bits per heavy atom. The summed E-state index contributed by atoms with van der Waals surface area (Å²) in [5.41, 5.74) is 4.22. The maximum absolute atomic E-state index is 5.81. The van der Waals surface area contributed by atoms with E-state index >= 15 is 0 Å². The summed E-state index contributed by atoms with van der Waals surface area (Å²) >= 11 is 0. The van der Waals surface area contributed by atoms with Crippen LogP contribution in [0.15, 0.2) is 12.1 Å². The van der Waals surface area contributed by atoms with Crippen molar-refractivity contribution in [2.45, 2.75) is 51.9 Å². The van der Waals surface area contributed by atoms with Crippen molar-refractivity contribution in [3.8, 4) is 5.75 Å². The molecule has 0 radical (unpaired) electrons.